The fraction of sp³-hybridized carbons (Fsp3) is 0.571. The van der Waals surface area contributed by atoms with E-state index in [1.807, 2.05) is 11.9 Å². The standard InChI is InChI=1S/C14H21NO4S2/c1-14(2)9-13(14)15(3)11-7-6-10(20(4,16)17)8-12(11)21(5,18)19/h6-8,13H,9H2,1-5H3/t13-/m1/s1. The summed E-state index contributed by atoms with van der Waals surface area (Å²) in [7, 11) is -5.10. The summed E-state index contributed by atoms with van der Waals surface area (Å²) in [4.78, 5) is 2.02. The van der Waals surface area contributed by atoms with Gasteiger partial charge in [-0.3, -0.25) is 0 Å². The van der Waals surface area contributed by atoms with E-state index >= 15 is 0 Å². The highest BCUT2D eigenvalue weighted by Crippen LogP contribution is 2.50. The zero-order valence-corrected chi connectivity index (χ0v) is 14.5. The first-order valence-corrected chi connectivity index (χ1v) is 10.4. The van der Waals surface area contributed by atoms with Gasteiger partial charge < -0.3 is 4.90 Å². The van der Waals surface area contributed by atoms with Crippen LogP contribution in [-0.2, 0) is 19.7 Å². The van der Waals surface area contributed by atoms with Gasteiger partial charge >= 0.3 is 0 Å². The first-order valence-electron chi connectivity index (χ1n) is 6.61. The van der Waals surface area contributed by atoms with E-state index in [0.29, 0.717) is 5.69 Å². The molecule has 0 radical (unpaired) electrons. The van der Waals surface area contributed by atoms with Gasteiger partial charge in [0, 0.05) is 25.6 Å². The summed E-state index contributed by atoms with van der Waals surface area (Å²) in [6, 6.07) is 4.57. The average Bonchev–Trinajstić information content (AvgIpc) is 2.94. The fourth-order valence-corrected chi connectivity index (χ4v) is 4.24. The second-order valence-electron chi connectivity index (χ2n) is 6.49. The van der Waals surface area contributed by atoms with Crippen LogP contribution in [0.1, 0.15) is 20.3 Å². The number of sulfone groups is 2. The molecule has 1 fully saturated rings. The van der Waals surface area contributed by atoms with Crippen molar-refractivity contribution >= 4 is 25.4 Å². The largest absolute Gasteiger partial charge is 0.370 e. The van der Waals surface area contributed by atoms with Gasteiger partial charge in [-0.1, -0.05) is 13.8 Å². The number of hydrogen-bond donors (Lipinski definition) is 0. The maximum atomic E-state index is 12.0. The van der Waals surface area contributed by atoms with E-state index in [1.54, 1.807) is 6.07 Å². The molecular formula is C14H21NO4S2. The number of anilines is 1. The van der Waals surface area contributed by atoms with Crippen LogP contribution in [0, 0.1) is 5.41 Å². The first-order chi connectivity index (χ1) is 9.34. The van der Waals surface area contributed by atoms with E-state index in [1.165, 1.54) is 12.1 Å². The zero-order valence-electron chi connectivity index (χ0n) is 12.9. The summed E-state index contributed by atoms with van der Waals surface area (Å²) in [5, 5.41) is 0. The van der Waals surface area contributed by atoms with Crippen LogP contribution in [0.4, 0.5) is 5.69 Å². The van der Waals surface area contributed by atoms with Crippen molar-refractivity contribution in [3.63, 3.8) is 0 Å². The number of hydrogen-bond acceptors (Lipinski definition) is 5. The second kappa shape index (κ2) is 4.71. The Hall–Kier alpha value is -1.08. The van der Waals surface area contributed by atoms with E-state index in [-0.39, 0.29) is 21.2 Å². The Labute approximate surface area is 126 Å². The maximum absolute atomic E-state index is 12.0. The summed E-state index contributed by atoms with van der Waals surface area (Å²) in [6.07, 6.45) is 3.16. The Morgan fingerprint density at radius 1 is 1.10 bits per heavy atom. The van der Waals surface area contributed by atoms with Crippen molar-refractivity contribution < 1.29 is 16.8 Å². The van der Waals surface area contributed by atoms with E-state index in [9.17, 15) is 16.8 Å². The highest BCUT2D eigenvalue weighted by Gasteiger charge is 2.49. The van der Waals surface area contributed by atoms with Crippen molar-refractivity contribution in [2.24, 2.45) is 5.41 Å². The molecule has 2 rings (SSSR count). The number of rotatable bonds is 4. The lowest BCUT2D eigenvalue weighted by Crippen LogP contribution is -2.25. The van der Waals surface area contributed by atoms with E-state index in [2.05, 4.69) is 13.8 Å². The second-order valence-corrected chi connectivity index (χ2v) is 10.5. The van der Waals surface area contributed by atoms with Crippen LogP contribution < -0.4 is 4.90 Å². The Morgan fingerprint density at radius 2 is 1.62 bits per heavy atom. The van der Waals surface area contributed by atoms with Gasteiger partial charge in [-0.25, -0.2) is 16.8 Å². The third-order valence-electron chi connectivity index (χ3n) is 4.07. The Bertz CT molecular complexity index is 779. The van der Waals surface area contributed by atoms with Crippen molar-refractivity contribution in [3.05, 3.63) is 18.2 Å². The van der Waals surface area contributed by atoms with Gasteiger partial charge in [-0.2, -0.15) is 0 Å². The van der Waals surface area contributed by atoms with Gasteiger partial charge in [0.05, 0.1) is 15.5 Å². The molecule has 0 aromatic heterocycles. The van der Waals surface area contributed by atoms with Gasteiger partial charge in [0.25, 0.3) is 0 Å². The molecule has 0 bridgehead atoms. The topological polar surface area (TPSA) is 71.5 Å². The summed E-state index contributed by atoms with van der Waals surface area (Å²) in [5.74, 6) is 0. The summed E-state index contributed by atoms with van der Waals surface area (Å²) < 4.78 is 47.3. The van der Waals surface area contributed by atoms with Crippen LogP contribution in [0.5, 0.6) is 0 Å². The minimum absolute atomic E-state index is 0.0233. The molecule has 1 saturated carbocycles. The molecule has 1 aromatic rings. The molecule has 118 valence electrons. The molecule has 0 unspecified atom stereocenters. The monoisotopic (exact) mass is 331 g/mol. The van der Waals surface area contributed by atoms with Gasteiger partial charge in [-0.15, -0.1) is 0 Å². The van der Waals surface area contributed by atoms with Gasteiger partial charge in [0.2, 0.25) is 0 Å². The maximum Gasteiger partial charge on any atom is 0.177 e. The molecule has 0 aliphatic heterocycles. The lowest BCUT2D eigenvalue weighted by atomic mass is 10.1. The molecule has 1 aliphatic carbocycles. The van der Waals surface area contributed by atoms with Crippen LogP contribution in [0.3, 0.4) is 0 Å². The molecule has 1 aliphatic rings. The molecule has 0 N–H and O–H groups in total. The highest BCUT2D eigenvalue weighted by molar-refractivity contribution is 7.91. The van der Waals surface area contributed by atoms with Crippen LogP contribution in [-0.4, -0.2) is 42.4 Å². The van der Waals surface area contributed by atoms with Crippen molar-refractivity contribution in [3.8, 4) is 0 Å². The van der Waals surface area contributed by atoms with Crippen molar-refractivity contribution in [1.82, 2.24) is 0 Å². The van der Waals surface area contributed by atoms with Gasteiger partial charge in [-0.05, 0) is 30.0 Å². The Kier molecular flexibility index (Phi) is 3.65. The third kappa shape index (κ3) is 3.23. The molecule has 0 amide bonds. The Morgan fingerprint density at radius 3 is 2.00 bits per heavy atom. The van der Waals surface area contributed by atoms with Crippen LogP contribution in [0.25, 0.3) is 0 Å². The van der Waals surface area contributed by atoms with Crippen molar-refractivity contribution in [1.29, 1.82) is 0 Å². The Balaban J connectivity index is 2.57. The zero-order chi connectivity index (χ0) is 16.2. The van der Waals surface area contributed by atoms with E-state index < -0.39 is 19.7 Å². The van der Waals surface area contributed by atoms with Gasteiger partial charge in [0.1, 0.15) is 0 Å². The predicted octanol–water partition coefficient (Wildman–Crippen LogP) is 1.73. The SMILES string of the molecule is CN(c1ccc(S(C)(=O)=O)cc1S(C)(=O)=O)[C@@H]1CC1(C)C. The smallest absolute Gasteiger partial charge is 0.177 e. The average molecular weight is 331 g/mol. The summed E-state index contributed by atoms with van der Waals surface area (Å²) >= 11 is 0. The minimum atomic E-state index is -3.51. The molecular weight excluding hydrogens is 310 g/mol. The van der Waals surface area contributed by atoms with Crippen LogP contribution >= 0.6 is 0 Å². The lowest BCUT2D eigenvalue weighted by Gasteiger charge is -2.24. The number of nitrogens with zero attached hydrogens (tertiary/aromatic N) is 1. The molecule has 0 spiro atoms. The molecule has 0 saturated heterocycles. The van der Waals surface area contributed by atoms with Crippen LogP contribution in [0.2, 0.25) is 0 Å². The molecule has 1 aromatic carbocycles. The molecule has 7 heteroatoms. The summed E-state index contributed by atoms with van der Waals surface area (Å²) in [5.41, 5.74) is 0.708. The lowest BCUT2D eigenvalue weighted by molar-refractivity contribution is 0.593. The van der Waals surface area contributed by atoms with E-state index in [0.717, 1.165) is 18.9 Å². The molecule has 21 heavy (non-hydrogen) atoms. The predicted molar refractivity (Wildman–Crippen MR) is 83.3 cm³/mol. The van der Waals surface area contributed by atoms with E-state index in [4.69, 9.17) is 0 Å². The fourth-order valence-electron chi connectivity index (χ4n) is 2.58. The van der Waals surface area contributed by atoms with Crippen molar-refractivity contribution in [2.45, 2.75) is 36.1 Å². The highest BCUT2D eigenvalue weighted by atomic mass is 32.2. The minimum Gasteiger partial charge on any atom is -0.370 e. The quantitative estimate of drug-likeness (QED) is 0.840. The van der Waals surface area contributed by atoms with Crippen LogP contribution in [0.15, 0.2) is 28.0 Å². The first kappa shape index (κ1) is 16.3. The molecule has 1 atom stereocenters. The third-order valence-corrected chi connectivity index (χ3v) is 6.30. The van der Waals surface area contributed by atoms with Gasteiger partial charge in [0.15, 0.2) is 19.7 Å². The molecule has 0 heterocycles. The number of benzene rings is 1. The molecule has 5 nitrogen and oxygen atoms in total. The summed E-state index contributed by atoms with van der Waals surface area (Å²) in [6.45, 7) is 4.25. The normalized spacial score (nSPS) is 21.1. The van der Waals surface area contributed by atoms with Crippen molar-refractivity contribution in [2.75, 3.05) is 24.5 Å².